The SMILES string of the molecule is Cc1ccc(CN(C)C(=O)CCCl)c(C)c1. The Morgan fingerprint density at radius 3 is 2.62 bits per heavy atom. The summed E-state index contributed by atoms with van der Waals surface area (Å²) in [7, 11) is 1.81. The minimum Gasteiger partial charge on any atom is -0.341 e. The zero-order valence-corrected chi connectivity index (χ0v) is 10.8. The van der Waals surface area contributed by atoms with Gasteiger partial charge in [-0.05, 0) is 25.0 Å². The molecule has 0 aromatic heterocycles. The lowest BCUT2D eigenvalue weighted by Gasteiger charge is -2.18. The maximum atomic E-state index is 11.6. The lowest BCUT2D eigenvalue weighted by Crippen LogP contribution is -2.26. The molecule has 0 spiro atoms. The molecule has 0 aliphatic heterocycles. The largest absolute Gasteiger partial charge is 0.341 e. The highest BCUT2D eigenvalue weighted by atomic mass is 35.5. The first kappa shape index (κ1) is 13.0. The summed E-state index contributed by atoms with van der Waals surface area (Å²) in [5.41, 5.74) is 3.66. The molecule has 88 valence electrons. The molecule has 0 unspecified atom stereocenters. The first-order valence-corrected chi connectivity index (χ1v) is 5.94. The average molecular weight is 240 g/mol. The van der Waals surface area contributed by atoms with Gasteiger partial charge in [0.05, 0.1) is 0 Å². The molecule has 1 amide bonds. The Bertz CT molecular complexity index is 376. The summed E-state index contributed by atoms with van der Waals surface area (Å²) >= 11 is 5.55. The van der Waals surface area contributed by atoms with Gasteiger partial charge in [-0.15, -0.1) is 11.6 Å². The summed E-state index contributed by atoms with van der Waals surface area (Å²) in [5.74, 6) is 0.478. The molecule has 0 aliphatic rings. The van der Waals surface area contributed by atoms with Crippen LogP contribution in [0.4, 0.5) is 0 Å². The Kier molecular flexibility index (Phi) is 4.81. The van der Waals surface area contributed by atoms with Crippen molar-refractivity contribution in [3.8, 4) is 0 Å². The molecule has 0 radical (unpaired) electrons. The Balaban J connectivity index is 2.69. The lowest BCUT2D eigenvalue weighted by molar-refractivity contribution is -0.129. The fraction of sp³-hybridized carbons (Fsp3) is 0.462. The van der Waals surface area contributed by atoms with Crippen molar-refractivity contribution in [1.82, 2.24) is 4.90 Å². The molecule has 0 atom stereocenters. The zero-order chi connectivity index (χ0) is 12.1. The van der Waals surface area contributed by atoms with Gasteiger partial charge in [0.15, 0.2) is 0 Å². The summed E-state index contributed by atoms with van der Waals surface area (Å²) in [6.07, 6.45) is 0.406. The maximum Gasteiger partial charge on any atom is 0.223 e. The highest BCUT2D eigenvalue weighted by molar-refractivity contribution is 6.18. The number of aryl methyl sites for hydroxylation is 2. The number of carbonyl (C=O) groups excluding carboxylic acids is 1. The molecule has 1 aromatic rings. The Morgan fingerprint density at radius 2 is 2.06 bits per heavy atom. The second-order valence-corrected chi connectivity index (χ2v) is 4.50. The van der Waals surface area contributed by atoms with Crippen molar-refractivity contribution >= 4 is 17.5 Å². The smallest absolute Gasteiger partial charge is 0.223 e. The van der Waals surface area contributed by atoms with Gasteiger partial charge in [0, 0.05) is 25.9 Å². The zero-order valence-electron chi connectivity index (χ0n) is 10.1. The molecule has 0 fully saturated rings. The van der Waals surface area contributed by atoms with Crippen molar-refractivity contribution < 1.29 is 4.79 Å². The molecule has 0 aliphatic carbocycles. The molecule has 3 heteroatoms. The number of hydrogen-bond donors (Lipinski definition) is 0. The van der Waals surface area contributed by atoms with Crippen LogP contribution in [0.1, 0.15) is 23.1 Å². The van der Waals surface area contributed by atoms with E-state index in [9.17, 15) is 4.79 Å². The van der Waals surface area contributed by atoms with Crippen molar-refractivity contribution in [2.45, 2.75) is 26.8 Å². The summed E-state index contributed by atoms with van der Waals surface area (Å²) in [5, 5.41) is 0. The van der Waals surface area contributed by atoms with E-state index in [1.165, 1.54) is 16.7 Å². The van der Waals surface area contributed by atoms with Crippen LogP contribution in [0.3, 0.4) is 0 Å². The molecule has 2 nitrogen and oxygen atoms in total. The van der Waals surface area contributed by atoms with Crippen LogP contribution in [0.2, 0.25) is 0 Å². The second-order valence-electron chi connectivity index (χ2n) is 4.12. The van der Waals surface area contributed by atoms with Crippen LogP contribution in [0, 0.1) is 13.8 Å². The first-order valence-electron chi connectivity index (χ1n) is 5.40. The third-order valence-corrected chi connectivity index (χ3v) is 2.83. The summed E-state index contributed by atoms with van der Waals surface area (Å²) in [6.45, 7) is 4.79. The van der Waals surface area contributed by atoms with Crippen LogP contribution in [0.5, 0.6) is 0 Å². The fourth-order valence-electron chi connectivity index (χ4n) is 1.64. The van der Waals surface area contributed by atoms with E-state index in [1.54, 1.807) is 4.90 Å². The van der Waals surface area contributed by atoms with Crippen molar-refractivity contribution in [3.63, 3.8) is 0 Å². The van der Waals surface area contributed by atoms with Gasteiger partial charge >= 0.3 is 0 Å². The van der Waals surface area contributed by atoms with Crippen LogP contribution >= 0.6 is 11.6 Å². The van der Waals surface area contributed by atoms with Gasteiger partial charge in [0.25, 0.3) is 0 Å². The van der Waals surface area contributed by atoms with Gasteiger partial charge in [-0.25, -0.2) is 0 Å². The molecule has 0 bridgehead atoms. The number of rotatable bonds is 4. The predicted octanol–water partition coefficient (Wildman–Crippen LogP) is 2.89. The molecule has 1 aromatic carbocycles. The monoisotopic (exact) mass is 239 g/mol. The number of nitrogens with zero attached hydrogens (tertiary/aromatic N) is 1. The topological polar surface area (TPSA) is 20.3 Å². The highest BCUT2D eigenvalue weighted by Crippen LogP contribution is 2.12. The Morgan fingerprint density at radius 1 is 1.38 bits per heavy atom. The average Bonchev–Trinajstić information content (AvgIpc) is 2.22. The Labute approximate surface area is 102 Å². The van der Waals surface area contributed by atoms with Crippen LogP contribution in [-0.2, 0) is 11.3 Å². The van der Waals surface area contributed by atoms with E-state index < -0.39 is 0 Å². The summed E-state index contributed by atoms with van der Waals surface area (Å²) in [4.78, 5) is 13.3. The van der Waals surface area contributed by atoms with E-state index in [1.807, 2.05) is 7.05 Å². The molecule has 0 saturated heterocycles. The number of hydrogen-bond acceptors (Lipinski definition) is 1. The normalized spacial score (nSPS) is 10.2. The van der Waals surface area contributed by atoms with Crippen LogP contribution in [0.25, 0.3) is 0 Å². The molecular weight excluding hydrogens is 222 g/mol. The van der Waals surface area contributed by atoms with E-state index in [-0.39, 0.29) is 5.91 Å². The van der Waals surface area contributed by atoms with Crippen LogP contribution < -0.4 is 0 Å². The highest BCUT2D eigenvalue weighted by Gasteiger charge is 2.09. The van der Waals surface area contributed by atoms with E-state index in [0.717, 1.165) is 0 Å². The number of carbonyl (C=O) groups is 1. The quantitative estimate of drug-likeness (QED) is 0.740. The van der Waals surface area contributed by atoms with Gasteiger partial charge in [0.2, 0.25) is 5.91 Å². The van der Waals surface area contributed by atoms with Gasteiger partial charge in [-0.2, -0.15) is 0 Å². The van der Waals surface area contributed by atoms with E-state index >= 15 is 0 Å². The summed E-state index contributed by atoms with van der Waals surface area (Å²) in [6, 6.07) is 6.28. The van der Waals surface area contributed by atoms with Gasteiger partial charge in [-0.1, -0.05) is 23.8 Å². The van der Waals surface area contributed by atoms with Crippen molar-refractivity contribution in [2.75, 3.05) is 12.9 Å². The molecule has 0 N–H and O–H groups in total. The minimum absolute atomic E-state index is 0.0926. The number of amides is 1. The maximum absolute atomic E-state index is 11.6. The van der Waals surface area contributed by atoms with Crippen molar-refractivity contribution in [2.24, 2.45) is 0 Å². The Hall–Kier alpha value is -1.02. The van der Waals surface area contributed by atoms with Gasteiger partial charge < -0.3 is 4.90 Å². The molecule has 0 heterocycles. The lowest BCUT2D eigenvalue weighted by atomic mass is 10.1. The van der Waals surface area contributed by atoms with Crippen LogP contribution in [0.15, 0.2) is 18.2 Å². The van der Waals surface area contributed by atoms with E-state index in [0.29, 0.717) is 18.8 Å². The van der Waals surface area contributed by atoms with E-state index in [4.69, 9.17) is 11.6 Å². The number of benzene rings is 1. The number of halogens is 1. The van der Waals surface area contributed by atoms with Gasteiger partial charge in [0.1, 0.15) is 0 Å². The number of alkyl halides is 1. The third kappa shape index (κ3) is 3.53. The van der Waals surface area contributed by atoms with Crippen LogP contribution in [-0.4, -0.2) is 23.7 Å². The molecule has 0 saturated carbocycles. The fourth-order valence-corrected chi connectivity index (χ4v) is 1.80. The van der Waals surface area contributed by atoms with Crippen molar-refractivity contribution in [3.05, 3.63) is 34.9 Å². The predicted molar refractivity (Wildman–Crippen MR) is 67.7 cm³/mol. The van der Waals surface area contributed by atoms with Gasteiger partial charge in [-0.3, -0.25) is 4.79 Å². The molecule has 1 rings (SSSR count). The third-order valence-electron chi connectivity index (χ3n) is 2.64. The molecular formula is C13H18ClNO. The molecule has 16 heavy (non-hydrogen) atoms. The first-order chi connectivity index (χ1) is 7.54. The van der Waals surface area contributed by atoms with Crippen molar-refractivity contribution in [1.29, 1.82) is 0 Å². The second kappa shape index (κ2) is 5.90. The minimum atomic E-state index is 0.0926. The summed E-state index contributed by atoms with van der Waals surface area (Å²) < 4.78 is 0. The van der Waals surface area contributed by atoms with E-state index in [2.05, 4.69) is 32.0 Å². The standard InChI is InChI=1S/C13H18ClNO/c1-10-4-5-12(11(2)8-10)9-15(3)13(16)6-7-14/h4-5,8H,6-7,9H2,1-3H3.